The minimum atomic E-state index is -1.47. The standard InChI is InChI=1S/C37H41ClFN7O/c1-5-33(26-9-7-6-8-10-26)43-35-27(20-40)21-41-36-31(35)18-24(19-32(36)38)17-30(25-11-13-28(39)14-12-25)34-23-46(45-44-34)16-15-29(47)22-42-37(2,3)4/h6-14,18-19,21,23,29-30,33,42,47H,5,15-17,22H2,1-4H3,(H,41,43)/t29?,30-,33-/m1/s1/i30D. The van der Waals surface area contributed by atoms with Gasteiger partial charge in [-0.2, -0.15) is 5.26 Å². The third kappa shape index (κ3) is 8.72. The number of benzene rings is 3. The molecular formula is C37H41ClFN7O. The van der Waals surface area contributed by atoms with Gasteiger partial charge in [0.15, 0.2) is 0 Å². The van der Waals surface area contributed by atoms with E-state index in [2.05, 4.69) is 38.9 Å². The molecule has 0 radical (unpaired) electrons. The zero-order chi connectivity index (χ0) is 34.5. The van der Waals surface area contributed by atoms with E-state index in [1.54, 1.807) is 29.1 Å². The van der Waals surface area contributed by atoms with Crippen molar-refractivity contribution in [2.45, 2.75) is 77.1 Å². The second kappa shape index (κ2) is 15.0. The molecular weight excluding hydrogens is 613 g/mol. The van der Waals surface area contributed by atoms with E-state index in [4.69, 9.17) is 11.6 Å². The lowest BCUT2D eigenvalue weighted by atomic mass is 9.89. The van der Waals surface area contributed by atoms with Crippen molar-refractivity contribution in [1.29, 1.82) is 5.26 Å². The van der Waals surface area contributed by atoms with Crippen LogP contribution in [-0.2, 0) is 13.0 Å². The van der Waals surface area contributed by atoms with Crippen LogP contribution in [0.5, 0.6) is 0 Å². The molecule has 5 aromatic rings. The van der Waals surface area contributed by atoms with Crippen molar-refractivity contribution in [2.75, 3.05) is 11.9 Å². The zero-order valence-corrected chi connectivity index (χ0v) is 27.9. The first-order valence-corrected chi connectivity index (χ1v) is 16.2. The van der Waals surface area contributed by atoms with Crippen molar-refractivity contribution >= 4 is 28.2 Å². The van der Waals surface area contributed by atoms with Gasteiger partial charge in [0.05, 0.1) is 39.6 Å². The molecule has 0 fully saturated rings. The molecule has 10 heteroatoms. The average Bonchev–Trinajstić information content (AvgIpc) is 3.55. The van der Waals surface area contributed by atoms with Crippen LogP contribution in [0.2, 0.25) is 5.02 Å². The molecule has 0 aliphatic carbocycles. The van der Waals surface area contributed by atoms with Crippen molar-refractivity contribution in [3.63, 3.8) is 0 Å². The van der Waals surface area contributed by atoms with Crippen molar-refractivity contribution < 1.29 is 10.9 Å². The molecule has 2 heterocycles. The molecule has 0 saturated heterocycles. The summed E-state index contributed by atoms with van der Waals surface area (Å²) in [5, 5.41) is 37.2. The molecule has 5 rings (SSSR count). The summed E-state index contributed by atoms with van der Waals surface area (Å²) in [6.45, 7) is 9.04. The molecule has 2 aromatic heterocycles. The number of halogens is 2. The van der Waals surface area contributed by atoms with Crippen molar-refractivity contribution in [3.05, 3.63) is 118 Å². The zero-order valence-electron chi connectivity index (χ0n) is 28.1. The van der Waals surface area contributed by atoms with Gasteiger partial charge in [0.1, 0.15) is 11.9 Å². The number of nitriles is 1. The maximum atomic E-state index is 14.0. The van der Waals surface area contributed by atoms with E-state index in [1.807, 2.05) is 57.2 Å². The van der Waals surface area contributed by atoms with Crippen LogP contribution in [0, 0.1) is 17.1 Å². The number of aryl methyl sites for hydroxylation is 1. The van der Waals surface area contributed by atoms with E-state index < -0.39 is 17.8 Å². The van der Waals surface area contributed by atoms with Crippen LogP contribution in [-0.4, -0.2) is 43.3 Å². The molecule has 0 spiro atoms. The Morgan fingerprint density at radius 3 is 2.53 bits per heavy atom. The van der Waals surface area contributed by atoms with Crippen LogP contribution in [0.15, 0.2) is 79.1 Å². The molecule has 0 amide bonds. The molecule has 0 saturated carbocycles. The second-order valence-corrected chi connectivity index (χ2v) is 13.2. The molecule has 1 unspecified atom stereocenters. The lowest BCUT2D eigenvalue weighted by Crippen LogP contribution is -2.41. The maximum absolute atomic E-state index is 14.0. The summed E-state index contributed by atoms with van der Waals surface area (Å²) in [5.74, 6) is -1.88. The minimum Gasteiger partial charge on any atom is -0.392 e. The van der Waals surface area contributed by atoms with Crippen LogP contribution in [0.4, 0.5) is 10.1 Å². The van der Waals surface area contributed by atoms with Gasteiger partial charge in [-0.15, -0.1) is 5.10 Å². The predicted octanol–water partition coefficient (Wildman–Crippen LogP) is 7.57. The van der Waals surface area contributed by atoms with Gasteiger partial charge < -0.3 is 15.7 Å². The number of aromatic nitrogens is 4. The van der Waals surface area contributed by atoms with Gasteiger partial charge in [0.25, 0.3) is 0 Å². The molecule has 0 bridgehead atoms. The second-order valence-electron chi connectivity index (χ2n) is 12.8. The Balaban J connectivity index is 1.51. The first kappa shape index (κ1) is 32.6. The highest BCUT2D eigenvalue weighted by Crippen LogP contribution is 2.36. The topological polar surface area (TPSA) is 112 Å². The Morgan fingerprint density at radius 2 is 1.85 bits per heavy atom. The Hall–Kier alpha value is -4.36. The highest BCUT2D eigenvalue weighted by atomic mass is 35.5. The van der Waals surface area contributed by atoms with Gasteiger partial charge in [-0.3, -0.25) is 9.67 Å². The monoisotopic (exact) mass is 654 g/mol. The van der Waals surface area contributed by atoms with E-state index in [0.29, 0.717) is 63.5 Å². The number of aliphatic hydroxyl groups excluding tert-OH is 1. The average molecular weight is 655 g/mol. The Kier molecular flexibility index (Phi) is 10.4. The normalized spacial score (nSPS) is 14.6. The largest absolute Gasteiger partial charge is 0.392 e. The Labute approximate surface area is 282 Å². The van der Waals surface area contributed by atoms with E-state index >= 15 is 0 Å². The summed E-state index contributed by atoms with van der Waals surface area (Å²) in [5.41, 5.74) is 4.09. The lowest BCUT2D eigenvalue weighted by molar-refractivity contribution is 0.144. The maximum Gasteiger partial charge on any atom is 0.123 e. The number of pyridine rings is 1. The SMILES string of the molecule is [2H][C@@](Cc1cc(Cl)c2ncc(C#N)c(N[C@H](CC)c3ccccc3)c2c1)(c1ccc(F)cc1)c1cn(CCC(O)CNC(C)(C)C)nn1. The van der Waals surface area contributed by atoms with Crippen LogP contribution < -0.4 is 10.6 Å². The van der Waals surface area contributed by atoms with Gasteiger partial charge >= 0.3 is 0 Å². The molecule has 8 nitrogen and oxygen atoms in total. The Bertz CT molecular complexity index is 1890. The number of fused-ring (bicyclic) bond motifs is 1. The van der Waals surface area contributed by atoms with E-state index in [0.717, 1.165) is 12.0 Å². The molecule has 3 atom stereocenters. The van der Waals surface area contributed by atoms with Crippen LogP contribution in [0.3, 0.4) is 0 Å². The van der Waals surface area contributed by atoms with Gasteiger partial charge in [-0.1, -0.05) is 66.2 Å². The highest BCUT2D eigenvalue weighted by molar-refractivity contribution is 6.35. The third-order valence-corrected chi connectivity index (χ3v) is 8.30. The van der Waals surface area contributed by atoms with E-state index in [-0.39, 0.29) is 18.0 Å². The molecule has 0 aliphatic heterocycles. The molecule has 0 aliphatic rings. The number of rotatable bonds is 13. The van der Waals surface area contributed by atoms with E-state index in [9.17, 15) is 16.1 Å². The number of nitrogens with zero attached hydrogens (tertiary/aromatic N) is 5. The summed E-state index contributed by atoms with van der Waals surface area (Å²) in [6.07, 6.45) is 3.98. The first-order valence-electron chi connectivity index (χ1n) is 16.3. The fourth-order valence-corrected chi connectivity index (χ4v) is 5.78. The summed E-state index contributed by atoms with van der Waals surface area (Å²) in [6, 6.07) is 21.7. The van der Waals surface area contributed by atoms with E-state index in [1.165, 1.54) is 18.3 Å². The Morgan fingerprint density at radius 1 is 1.11 bits per heavy atom. The predicted molar refractivity (Wildman–Crippen MR) is 185 cm³/mol. The summed E-state index contributed by atoms with van der Waals surface area (Å²) in [4.78, 5) is 4.51. The summed E-state index contributed by atoms with van der Waals surface area (Å²) < 4.78 is 25.5. The van der Waals surface area contributed by atoms with Gasteiger partial charge in [0, 0.05) is 43.7 Å². The summed E-state index contributed by atoms with van der Waals surface area (Å²) in [7, 11) is 0. The number of hydrogen-bond donors (Lipinski definition) is 3. The number of anilines is 1. The fraction of sp³-hybridized carbons (Fsp3) is 0.351. The number of hydrogen-bond acceptors (Lipinski definition) is 7. The fourth-order valence-electron chi connectivity index (χ4n) is 5.49. The van der Waals surface area contributed by atoms with Gasteiger partial charge in [-0.05, 0) is 81.0 Å². The third-order valence-electron chi connectivity index (χ3n) is 8.01. The smallest absolute Gasteiger partial charge is 0.123 e. The van der Waals surface area contributed by atoms with Gasteiger partial charge in [-0.25, -0.2) is 4.39 Å². The van der Waals surface area contributed by atoms with Crippen molar-refractivity contribution in [1.82, 2.24) is 25.3 Å². The number of β-amino-alcohol motifs (C(OH)–C–C–N with tert-alkyl or cyclic N) is 1. The highest BCUT2D eigenvalue weighted by Gasteiger charge is 2.22. The molecule has 244 valence electrons. The first-order chi connectivity index (χ1) is 22.9. The molecule has 3 N–H and O–H groups in total. The van der Waals surface area contributed by atoms with Crippen LogP contribution in [0.25, 0.3) is 10.9 Å². The number of nitrogens with one attached hydrogen (secondary N) is 2. The lowest BCUT2D eigenvalue weighted by Gasteiger charge is -2.22. The van der Waals surface area contributed by atoms with Crippen molar-refractivity contribution in [3.8, 4) is 6.07 Å². The quantitative estimate of drug-likeness (QED) is 0.120. The van der Waals surface area contributed by atoms with Crippen molar-refractivity contribution in [2.24, 2.45) is 0 Å². The summed E-state index contributed by atoms with van der Waals surface area (Å²) >= 11 is 6.84. The van der Waals surface area contributed by atoms with Crippen LogP contribution >= 0.6 is 11.6 Å². The minimum absolute atomic E-state index is 0.0707. The van der Waals surface area contributed by atoms with Gasteiger partial charge in [0.2, 0.25) is 0 Å². The number of aliphatic hydroxyl groups is 1. The molecule has 47 heavy (non-hydrogen) atoms. The molecule has 3 aromatic carbocycles. The van der Waals surface area contributed by atoms with Crippen LogP contribution in [0.1, 0.15) is 81.8 Å².